The first kappa shape index (κ1) is 18.1. The predicted molar refractivity (Wildman–Crippen MR) is 111 cm³/mol. The molecule has 5 heteroatoms. The largest absolute Gasteiger partial charge is 0.464 e. The van der Waals surface area contributed by atoms with Crippen LogP contribution in [0.4, 0.5) is 5.69 Å². The second-order valence-corrected chi connectivity index (χ2v) is 6.98. The number of hydrogen-bond acceptors (Lipinski definition) is 3. The lowest BCUT2D eigenvalue weighted by Gasteiger charge is -2.12. The van der Waals surface area contributed by atoms with Crippen LogP contribution in [0.15, 0.2) is 77.4 Å². The van der Waals surface area contributed by atoms with Gasteiger partial charge in [0.25, 0.3) is 0 Å². The van der Waals surface area contributed by atoms with Crippen LogP contribution in [0.2, 0.25) is 5.02 Å². The molecule has 0 saturated heterocycles. The maximum atomic E-state index is 12.7. The molecular weight excluding hydrogens is 374 g/mol. The zero-order chi connectivity index (χ0) is 19.5. The number of furan rings is 1. The van der Waals surface area contributed by atoms with Gasteiger partial charge in [-0.2, -0.15) is 0 Å². The van der Waals surface area contributed by atoms with Crippen LogP contribution >= 0.6 is 11.6 Å². The average molecular weight is 392 g/mol. The molecule has 3 aromatic carbocycles. The Hall–Kier alpha value is -3.24. The fourth-order valence-electron chi connectivity index (χ4n) is 3.00. The van der Waals surface area contributed by atoms with Crippen molar-refractivity contribution in [1.29, 1.82) is 0 Å². The lowest BCUT2D eigenvalue weighted by atomic mass is 10.1. The first-order valence-electron chi connectivity index (χ1n) is 8.87. The van der Waals surface area contributed by atoms with Crippen LogP contribution in [0.5, 0.6) is 11.5 Å². The van der Waals surface area contributed by atoms with Gasteiger partial charge in [0.15, 0.2) is 5.75 Å². The van der Waals surface area contributed by atoms with E-state index in [4.69, 9.17) is 20.8 Å². The summed E-state index contributed by atoms with van der Waals surface area (Å²) in [5.41, 5.74) is 3.24. The molecule has 0 unspecified atom stereocenters. The number of rotatable bonds is 5. The number of aryl methyl sites for hydroxylation is 1. The van der Waals surface area contributed by atoms with Crippen molar-refractivity contribution in [3.05, 3.63) is 89.1 Å². The van der Waals surface area contributed by atoms with Crippen LogP contribution < -0.4 is 10.1 Å². The maximum Gasteiger partial charge on any atom is 0.229 e. The summed E-state index contributed by atoms with van der Waals surface area (Å²) in [6.45, 7) is 2.01. The number of benzene rings is 3. The minimum atomic E-state index is -0.176. The number of carbonyl (C=O) groups is 1. The second kappa shape index (κ2) is 7.79. The Morgan fingerprint density at radius 3 is 2.71 bits per heavy atom. The van der Waals surface area contributed by atoms with Crippen LogP contribution in [0, 0.1) is 6.92 Å². The summed E-state index contributed by atoms with van der Waals surface area (Å²) in [5.74, 6) is 1.03. The first-order chi connectivity index (χ1) is 13.6. The maximum absolute atomic E-state index is 12.7. The lowest BCUT2D eigenvalue weighted by Crippen LogP contribution is -2.14. The number of fused-ring (bicyclic) bond motifs is 1. The monoisotopic (exact) mass is 391 g/mol. The molecule has 28 heavy (non-hydrogen) atoms. The summed E-state index contributed by atoms with van der Waals surface area (Å²) in [6, 6.07) is 20.4. The van der Waals surface area contributed by atoms with E-state index < -0.39 is 0 Å². The van der Waals surface area contributed by atoms with Gasteiger partial charge in [0, 0.05) is 16.0 Å². The highest BCUT2D eigenvalue weighted by Crippen LogP contribution is 2.32. The Morgan fingerprint density at radius 2 is 1.89 bits per heavy atom. The number of hydrogen-bond donors (Lipinski definition) is 1. The van der Waals surface area contributed by atoms with Gasteiger partial charge in [-0.15, -0.1) is 0 Å². The molecule has 0 aliphatic carbocycles. The van der Waals surface area contributed by atoms with Gasteiger partial charge in [0.1, 0.15) is 11.3 Å². The Kier molecular flexibility index (Phi) is 5.04. The van der Waals surface area contributed by atoms with Crippen molar-refractivity contribution in [2.45, 2.75) is 13.3 Å². The molecule has 1 aromatic heterocycles. The van der Waals surface area contributed by atoms with Crippen molar-refractivity contribution in [3.8, 4) is 11.5 Å². The standard InChI is InChI=1S/C23H18ClNO3/c1-15-7-9-21-19(11-15)16(14-27-21)12-23(26)25-20-13-17(24)8-10-22(20)28-18-5-3-2-4-6-18/h2-11,13-14H,12H2,1H3,(H,25,26). The molecule has 140 valence electrons. The second-order valence-electron chi connectivity index (χ2n) is 6.54. The molecular formula is C23H18ClNO3. The molecule has 4 rings (SSSR count). The SMILES string of the molecule is Cc1ccc2occ(CC(=O)Nc3cc(Cl)ccc3Oc3ccccc3)c2c1. The van der Waals surface area contributed by atoms with Gasteiger partial charge in [0.05, 0.1) is 18.4 Å². The van der Waals surface area contributed by atoms with Gasteiger partial charge in [-0.3, -0.25) is 4.79 Å². The molecule has 0 aliphatic rings. The van der Waals surface area contributed by atoms with Crippen molar-refractivity contribution in [2.24, 2.45) is 0 Å². The quantitative estimate of drug-likeness (QED) is 0.430. The van der Waals surface area contributed by atoms with E-state index in [9.17, 15) is 4.79 Å². The molecule has 4 aromatic rings. The van der Waals surface area contributed by atoms with Crippen LogP contribution in [0.3, 0.4) is 0 Å². The summed E-state index contributed by atoms with van der Waals surface area (Å²) in [5, 5.41) is 4.36. The summed E-state index contributed by atoms with van der Waals surface area (Å²) in [4.78, 5) is 12.7. The van der Waals surface area contributed by atoms with Crippen molar-refractivity contribution >= 4 is 34.2 Å². The molecule has 0 spiro atoms. The molecule has 0 radical (unpaired) electrons. The van der Waals surface area contributed by atoms with E-state index in [0.29, 0.717) is 22.2 Å². The number of nitrogens with one attached hydrogen (secondary N) is 1. The third-order valence-corrected chi connectivity index (χ3v) is 4.58. The zero-order valence-corrected chi connectivity index (χ0v) is 16.0. The molecule has 0 fully saturated rings. The Balaban J connectivity index is 1.55. The molecule has 0 bridgehead atoms. The molecule has 1 heterocycles. The highest BCUT2D eigenvalue weighted by Gasteiger charge is 2.14. The molecule has 0 saturated carbocycles. The lowest BCUT2D eigenvalue weighted by molar-refractivity contribution is -0.115. The summed E-state index contributed by atoms with van der Waals surface area (Å²) < 4.78 is 11.4. The van der Waals surface area contributed by atoms with Gasteiger partial charge >= 0.3 is 0 Å². The summed E-state index contributed by atoms with van der Waals surface area (Å²) in [7, 11) is 0. The van der Waals surface area contributed by atoms with Gasteiger partial charge < -0.3 is 14.5 Å². The fraction of sp³-hybridized carbons (Fsp3) is 0.0870. The number of anilines is 1. The Labute approximate surface area is 167 Å². The van der Waals surface area contributed by atoms with Crippen LogP contribution in [-0.4, -0.2) is 5.91 Å². The number of halogens is 1. The minimum absolute atomic E-state index is 0.176. The van der Waals surface area contributed by atoms with E-state index in [-0.39, 0.29) is 12.3 Å². The molecule has 1 amide bonds. The van der Waals surface area contributed by atoms with E-state index in [1.165, 1.54) is 0 Å². The number of para-hydroxylation sites is 1. The number of amides is 1. The summed E-state index contributed by atoms with van der Waals surface area (Å²) >= 11 is 6.12. The highest BCUT2D eigenvalue weighted by molar-refractivity contribution is 6.31. The van der Waals surface area contributed by atoms with Crippen molar-refractivity contribution in [3.63, 3.8) is 0 Å². The average Bonchev–Trinajstić information content (AvgIpc) is 3.06. The van der Waals surface area contributed by atoms with Crippen molar-refractivity contribution < 1.29 is 13.9 Å². The topological polar surface area (TPSA) is 51.5 Å². The molecule has 1 N–H and O–H groups in total. The smallest absolute Gasteiger partial charge is 0.229 e. The summed E-state index contributed by atoms with van der Waals surface area (Å²) in [6.07, 6.45) is 1.82. The van der Waals surface area contributed by atoms with Gasteiger partial charge in [-0.05, 0) is 49.4 Å². The van der Waals surface area contributed by atoms with E-state index in [1.54, 1.807) is 24.5 Å². The third-order valence-electron chi connectivity index (χ3n) is 4.35. The van der Waals surface area contributed by atoms with Gasteiger partial charge in [-0.1, -0.05) is 41.4 Å². The van der Waals surface area contributed by atoms with Crippen LogP contribution in [-0.2, 0) is 11.2 Å². The zero-order valence-electron chi connectivity index (χ0n) is 15.2. The molecule has 0 aliphatic heterocycles. The fourth-order valence-corrected chi connectivity index (χ4v) is 3.18. The van der Waals surface area contributed by atoms with E-state index in [0.717, 1.165) is 22.1 Å². The molecule has 0 atom stereocenters. The number of ether oxygens (including phenoxy) is 1. The van der Waals surface area contributed by atoms with E-state index >= 15 is 0 Å². The normalized spacial score (nSPS) is 10.8. The molecule has 4 nitrogen and oxygen atoms in total. The Morgan fingerprint density at radius 1 is 1.07 bits per heavy atom. The number of carbonyl (C=O) groups excluding carboxylic acids is 1. The van der Waals surface area contributed by atoms with Crippen molar-refractivity contribution in [1.82, 2.24) is 0 Å². The first-order valence-corrected chi connectivity index (χ1v) is 9.25. The van der Waals surface area contributed by atoms with Gasteiger partial charge in [-0.25, -0.2) is 0 Å². The van der Waals surface area contributed by atoms with E-state index in [2.05, 4.69) is 5.32 Å². The highest BCUT2D eigenvalue weighted by atomic mass is 35.5. The van der Waals surface area contributed by atoms with Gasteiger partial charge in [0.2, 0.25) is 5.91 Å². The van der Waals surface area contributed by atoms with E-state index in [1.807, 2.05) is 55.5 Å². The Bertz CT molecular complexity index is 1140. The predicted octanol–water partition coefficient (Wildman–Crippen LogP) is 6.37. The van der Waals surface area contributed by atoms with Crippen LogP contribution in [0.25, 0.3) is 11.0 Å². The van der Waals surface area contributed by atoms with Crippen molar-refractivity contribution in [2.75, 3.05) is 5.32 Å². The third kappa shape index (κ3) is 4.02. The van der Waals surface area contributed by atoms with Crippen LogP contribution in [0.1, 0.15) is 11.1 Å². The minimum Gasteiger partial charge on any atom is -0.464 e.